The van der Waals surface area contributed by atoms with Crippen LogP contribution in [0.3, 0.4) is 0 Å². The summed E-state index contributed by atoms with van der Waals surface area (Å²) < 4.78 is 50.6. The number of aryl methyl sites for hydroxylation is 1. The van der Waals surface area contributed by atoms with Gasteiger partial charge in [-0.3, -0.25) is 34.0 Å². The van der Waals surface area contributed by atoms with Crippen LogP contribution in [0.5, 0.6) is 0 Å². The highest BCUT2D eigenvalue weighted by Crippen LogP contribution is 2.45. The number of esters is 1. The molecule has 0 radical (unpaired) electrons. The Morgan fingerprint density at radius 3 is 2.52 bits per heavy atom. The summed E-state index contributed by atoms with van der Waals surface area (Å²) in [6, 6.07) is 2.42. The fourth-order valence-corrected chi connectivity index (χ4v) is 12.4. The van der Waals surface area contributed by atoms with Gasteiger partial charge >= 0.3 is 5.97 Å². The fraction of sp³-hybridized carbons (Fsp3) is 0.596. The maximum absolute atomic E-state index is 16.9. The Labute approximate surface area is 433 Å². The minimum absolute atomic E-state index is 0.00824. The average molecular weight is 1050 g/mol. The van der Waals surface area contributed by atoms with Crippen molar-refractivity contribution < 1.29 is 47.0 Å². The third-order valence-corrected chi connectivity index (χ3v) is 16.4. The highest BCUT2D eigenvalue weighted by Gasteiger charge is 2.55. The van der Waals surface area contributed by atoms with E-state index in [1.165, 1.54) is 26.1 Å². The molecule has 4 aromatic rings. The zero-order valence-electron chi connectivity index (χ0n) is 42.6. The van der Waals surface area contributed by atoms with E-state index in [0.29, 0.717) is 81.2 Å². The number of hydrogen-bond acceptors (Lipinski definition) is 13. The number of ether oxygens (including phenoxy) is 3. The van der Waals surface area contributed by atoms with Crippen LogP contribution in [0, 0.1) is 22.6 Å². The molecule has 8 heterocycles. The first-order valence-corrected chi connectivity index (χ1v) is 26.7. The lowest BCUT2D eigenvalue weighted by Gasteiger charge is -2.36. The maximum Gasteiger partial charge on any atom is 0.324 e. The first kappa shape index (κ1) is 52.6. The number of aromatic nitrogens is 3. The zero-order chi connectivity index (χ0) is 52.1. The summed E-state index contributed by atoms with van der Waals surface area (Å²) in [4.78, 5) is 85.2. The number of hydrazine groups is 1. The van der Waals surface area contributed by atoms with Gasteiger partial charge in [0.1, 0.15) is 23.9 Å². The van der Waals surface area contributed by atoms with E-state index in [4.69, 9.17) is 35.8 Å². The Bertz CT molecular complexity index is 2780. The molecule has 4 saturated heterocycles. The van der Waals surface area contributed by atoms with Crippen LogP contribution in [0.15, 0.2) is 29.8 Å². The molecule has 1 aromatic carbocycles. The first-order chi connectivity index (χ1) is 34.8. The number of likely N-dealkylation sites (tertiary alicyclic amines) is 2. The number of methoxy groups -OCH3 is 1. The highest BCUT2D eigenvalue weighted by atomic mass is 35.5. The molecule has 5 aliphatic heterocycles. The van der Waals surface area contributed by atoms with Gasteiger partial charge in [0.15, 0.2) is 0 Å². The molecule has 3 aromatic heterocycles. The maximum atomic E-state index is 16.9. The van der Waals surface area contributed by atoms with Crippen molar-refractivity contribution in [2.75, 3.05) is 71.1 Å². The highest BCUT2D eigenvalue weighted by molar-refractivity contribution is 7.10. The van der Waals surface area contributed by atoms with Crippen molar-refractivity contribution in [3.63, 3.8) is 0 Å². The molecule has 1 spiro atoms. The monoisotopic (exact) mass is 1050 g/mol. The molecular formula is C52H66ClF2N9O8S. The third kappa shape index (κ3) is 10.3. The van der Waals surface area contributed by atoms with Crippen molar-refractivity contribution in [1.29, 1.82) is 0 Å². The molecule has 1 unspecified atom stereocenters. The number of fused-ring (bicyclic) bond motifs is 6. The largest absolute Gasteiger partial charge is 0.464 e. The van der Waals surface area contributed by atoms with Crippen LogP contribution >= 0.6 is 22.9 Å². The summed E-state index contributed by atoms with van der Waals surface area (Å²) in [6.45, 7) is 15.3. The first-order valence-electron chi connectivity index (χ1n) is 25.4. The van der Waals surface area contributed by atoms with Gasteiger partial charge in [0.2, 0.25) is 11.8 Å². The van der Waals surface area contributed by atoms with Gasteiger partial charge in [-0.2, -0.15) is 0 Å². The Morgan fingerprint density at radius 1 is 1.05 bits per heavy atom. The number of benzene rings is 1. The van der Waals surface area contributed by atoms with Crippen molar-refractivity contribution in [2.24, 2.45) is 16.7 Å². The molecule has 5 aliphatic rings. The number of cyclic esters (lactones) is 1. The lowest BCUT2D eigenvalue weighted by molar-refractivity contribution is -0.155. The number of alkyl halides is 2. The van der Waals surface area contributed by atoms with Gasteiger partial charge < -0.3 is 38.8 Å². The molecule has 17 nitrogen and oxygen atoms in total. The molecule has 0 aliphatic carbocycles. The summed E-state index contributed by atoms with van der Waals surface area (Å²) in [5, 5.41) is 7.30. The van der Waals surface area contributed by atoms with E-state index in [1.807, 2.05) is 53.8 Å². The normalized spacial score (nSPS) is 24.1. The van der Waals surface area contributed by atoms with Crippen molar-refractivity contribution in [3.8, 4) is 22.5 Å². The van der Waals surface area contributed by atoms with Crippen LogP contribution in [0.2, 0.25) is 0 Å². The van der Waals surface area contributed by atoms with Gasteiger partial charge in [-0.25, -0.2) is 19.2 Å². The summed E-state index contributed by atoms with van der Waals surface area (Å²) >= 11 is 6.71. The molecule has 6 bridgehead atoms. The van der Waals surface area contributed by atoms with E-state index in [0.717, 1.165) is 33.6 Å². The number of rotatable bonds is 10. The SMILES string of the molecule is CCn1c(-c2cc(N3CCOCC3)cnc2[C@H](C)OC)c2c3cc(c(F)cc31)-c1csc(n1)C[C@H](NC(=O)[C@H](C(C)C)N1CCC3(CCN(C(=O)[C@H](F)Cl)C3)C1=O)C(=O)N1CCC[C@H](N1)C(=O)OCC(C)(C)C2. The topological polar surface area (TPSA) is 181 Å². The molecule has 73 heavy (non-hydrogen) atoms. The number of pyridine rings is 1. The molecule has 4 amide bonds. The van der Waals surface area contributed by atoms with Crippen LogP contribution in [0.4, 0.5) is 14.5 Å². The molecule has 21 heteroatoms. The number of amides is 4. The van der Waals surface area contributed by atoms with Crippen LogP contribution in [0.25, 0.3) is 33.4 Å². The Kier molecular flexibility index (Phi) is 15.2. The molecule has 9 rings (SSSR count). The molecule has 4 fully saturated rings. The van der Waals surface area contributed by atoms with Crippen LogP contribution in [-0.2, 0) is 57.6 Å². The number of nitrogens with one attached hydrogen (secondary N) is 2. The van der Waals surface area contributed by atoms with Crippen molar-refractivity contribution in [1.82, 2.24) is 40.1 Å². The number of anilines is 1. The van der Waals surface area contributed by atoms with E-state index >= 15 is 4.39 Å². The van der Waals surface area contributed by atoms with Crippen LogP contribution < -0.4 is 15.6 Å². The van der Waals surface area contributed by atoms with Crippen molar-refractivity contribution >= 4 is 69.1 Å². The lowest BCUT2D eigenvalue weighted by Crippen LogP contribution is -2.62. The van der Waals surface area contributed by atoms with E-state index in [2.05, 4.69) is 26.3 Å². The Balaban J connectivity index is 1.11. The van der Waals surface area contributed by atoms with Gasteiger partial charge in [0.05, 0.1) is 70.8 Å². The minimum atomic E-state index is -2.22. The molecular weight excluding hydrogens is 984 g/mol. The van der Waals surface area contributed by atoms with Crippen molar-refractivity contribution in [3.05, 3.63) is 51.9 Å². The molecule has 6 atom stereocenters. The third-order valence-electron chi connectivity index (χ3n) is 15.3. The number of morpholine rings is 1. The zero-order valence-corrected chi connectivity index (χ0v) is 44.2. The minimum Gasteiger partial charge on any atom is -0.464 e. The van der Waals surface area contributed by atoms with Crippen LogP contribution in [0.1, 0.15) is 89.6 Å². The van der Waals surface area contributed by atoms with Gasteiger partial charge in [0, 0.05) is 86.7 Å². The number of carbonyl (C=O) groups is 5. The van der Waals surface area contributed by atoms with Crippen LogP contribution in [-0.4, -0.2) is 149 Å². The van der Waals surface area contributed by atoms with E-state index < -0.39 is 76.1 Å². The summed E-state index contributed by atoms with van der Waals surface area (Å²) in [5.41, 5.74) is 4.78. The number of halogens is 3. The molecule has 0 saturated carbocycles. The second-order valence-corrected chi connectivity index (χ2v) is 22.5. The van der Waals surface area contributed by atoms with Gasteiger partial charge in [-0.05, 0) is 75.6 Å². The summed E-state index contributed by atoms with van der Waals surface area (Å²) in [5.74, 6) is -3.75. The second kappa shape index (κ2) is 21.2. The van der Waals surface area contributed by atoms with Crippen molar-refractivity contribution in [2.45, 2.75) is 116 Å². The molecule has 2 N–H and O–H groups in total. The Hall–Kier alpha value is -5.28. The second-order valence-electron chi connectivity index (χ2n) is 21.2. The standard InChI is InChI=1S/C52H66ClF2N9O8S/c1-8-62-40-22-36(54)33-21-32(40)35(44(62)34-20-31(60-16-18-71-19-17-60)25-56-42(34)30(4)70-7)24-51(5,6)28-72-49(68)37-10-9-13-64(59-37)47(66)38(23-41-57-39(33)26-73-41)58-46(65)43(29(2)3)63-15-12-52(50(63)69)11-14-61(27-52)48(67)45(53)55/h20-22,25-26,29-30,37-38,43,45,59H,8-19,23-24,27-28H2,1-7H3,(H,58,65)/t30-,37-,38-,43-,45-,52?/m0/s1. The van der Waals surface area contributed by atoms with Gasteiger partial charge in [0.25, 0.3) is 17.4 Å². The van der Waals surface area contributed by atoms with E-state index in [1.54, 1.807) is 18.6 Å². The number of carbonyl (C=O) groups excluding carboxylic acids is 5. The summed E-state index contributed by atoms with van der Waals surface area (Å²) in [6.07, 6.45) is 3.34. The Morgan fingerprint density at radius 2 is 1.81 bits per heavy atom. The number of thiazole rings is 1. The predicted octanol–water partition coefficient (Wildman–Crippen LogP) is 6.19. The van der Waals surface area contributed by atoms with Gasteiger partial charge in [-0.15, -0.1) is 11.3 Å². The summed E-state index contributed by atoms with van der Waals surface area (Å²) in [7, 11) is 1.65. The quantitative estimate of drug-likeness (QED) is 0.136. The van der Waals surface area contributed by atoms with E-state index in [-0.39, 0.29) is 50.7 Å². The fourth-order valence-electron chi connectivity index (χ4n) is 11.4. The van der Waals surface area contributed by atoms with E-state index in [9.17, 15) is 28.4 Å². The number of nitrogens with zero attached hydrogens (tertiary/aromatic N) is 7. The smallest absolute Gasteiger partial charge is 0.324 e. The molecule has 394 valence electrons. The predicted molar refractivity (Wildman–Crippen MR) is 272 cm³/mol. The number of hydrogen-bond donors (Lipinski definition) is 2. The lowest BCUT2D eigenvalue weighted by atomic mass is 9.84. The average Bonchev–Trinajstić information content (AvgIpc) is 4.17. The van der Waals surface area contributed by atoms with Gasteiger partial charge in [-0.1, -0.05) is 39.3 Å².